The number of hydrogen-bond acceptors (Lipinski definition) is 3. The van der Waals surface area contributed by atoms with Crippen molar-refractivity contribution in [2.45, 2.75) is 39.0 Å². The summed E-state index contributed by atoms with van der Waals surface area (Å²) in [5.74, 6) is 0.160. The lowest BCUT2D eigenvalue weighted by atomic mass is 10.1. The molecule has 0 fully saturated rings. The van der Waals surface area contributed by atoms with Gasteiger partial charge in [-0.2, -0.15) is 5.10 Å². The number of aromatic hydroxyl groups is 1. The molecule has 4 heteroatoms. The van der Waals surface area contributed by atoms with E-state index < -0.39 is 0 Å². The molecule has 0 aliphatic rings. The average Bonchev–Trinajstić information content (AvgIpc) is 2.37. The van der Waals surface area contributed by atoms with Crippen LogP contribution in [0, 0.1) is 0 Å². The molecule has 1 aromatic rings. The van der Waals surface area contributed by atoms with Gasteiger partial charge in [0.05, 0.1) is 6.21 Å². The molecule has 1 rings (SSSR count). The number of carbonyl (C=O) groups is 1. The average molecular weight is 248 g/mol. The Bertz CT molecular complexity index is 385. The van der Waals surface area contributed by atoms with Crippen molar-refractivity contribution >= 4 is 12.1 Å². The third-order valence-electron chi connectivity index (χ3n) is 2.55. The van der Waals surface area contributed by atoms with Crippen molar-refractivity contribution in [3.63, 3.8) is 0 Å². The van der Waals surface area contributed by atoms with Gasteiger partial charge in [-0.15, -0.1) is 0 Å². The molecule has 0 heterocycles. The molecule has 0 saturated heterocycles. The summed E-state index contributed by atoms with van der Waals surface area (Å²) in [6, 6.07) is 6.61. The number of benzene rings is 1. The Hall–Kier alpha value is -1.84. The maximum atomic E-state index is 11.4. The number of rotatable bonds is 7. The normalized spacial score (nSPS) is 10.7. The molecule has 2 N–H and O–H groups in total. The van der Waals surface area contributed by atoms with Crippen LogP contribution in [0.1, 0.15) is 44.6 Å². The van der Waals surface area contributed by atoms with Crippen molar-refractivity contribution in [1.82, 2.24) is 5.43 Å². The predicted octanol–water partition coefficient (Wildman–Crippen LogP) is 2.81. The molecular weight excluding hydrogens is 228 g/mol. The van der Waals surface area contributed by atoms with E-state index in [0.29, 0.717) is 6.42 Å². The largest absolute Gasteiger partial charge is 0.508 e. The molecule has 0 aliphatic heterocycles. The van der Waals surface area contributed by atoms with Crippen molar-refractivity contribution in [2.75, 3.05) is 0 Å². The number of phenols is 1. The Labute approximate surface area is 108 Å². The molecule has 0 aromatic heterocycles. The Morgan fingerprint density at radius 2 is 2.00 bits per heavy atom. The van der Waals surface area contributed by atoms with Gasteiger partial charge < -0.3 is 5.11 Å². The van der Waals surface area contributed by atoms with E-state index in [2.05, 4.69) is 17.5 Å². The van der Waals surface area contributed by atoms with Crippen LogP contribution in [-0.4, -0.2) is 17.2 Å². The van der Waals surface area contributed by atoms with Crippen LogP contribution < -0.4 is 5.43 Å². The fourth-order valence-electron chi connectivity index (χ4n) is 1.51. The smallest absolute Gasteiger partial charge is 0.240 e. The zero-order chi connectivity index (χ0) is 13.2. The Morgan fingerprint density at radius 3 is 2.67 bits per heavy atom. The third-order valence-corrected chi connectivity index (χ3v) is 2.55. The number of hydrogen-bond donors (Lipinski definition) is 2. The highest BCUT2D eigenvalue weighted by molar-refractivity contribution is 5.82. The third kappa shape index (κ3) is 6.03. The first-order valence-corrected chi connectivity index (χ1v) is 6.33. The van der Waals surface area contributed by atoms with Crippen LogP contribution in [0.5, 0.6) is 5.75 Å². The summed E-state index contributed by atoms with van der Waals surface area (Å²) in [6.07, 6.45) is 6.42. The molecule has 1 amide bonds. The molecule has 0 bridgehead atoms. The van der Waals surface area contributed by atoms with Crippen molar-refractivity contribution in [3.05, 3.63) is 29.8 Å². The minimum atomic E-state index is -0.0545. The van der Waals surface area contributed by atoms with Crippen molar-refractivity contribution in [1.29, 1.82) is 0 Å². The van der Waals surface area contributed by atoms with Crippen molar-refractivity contribution in [3.8, 4) is 5.75 Å². The molecule has 0 unspecified atom stereocenters. The minimum absolute atomic E-state index is 0.0545. The van der Waals surface area contributed by atoms with E-state index in [0.717, 1.165) is 18.4 Å². The topological polar surface area (TPSA) is 61.7 Å². The molecule has 0 saturated carbocycles. The Balaban J connectivity index is 2.23. The summed E-state index contributed by atoms with van der Waals surface area (Å²) in [4.78, 5) is 11.4. The number of phenolic OH excluding ortho intramolecular Hbond substituents is 1. The first-order valence-electron chi connectivity index (χ1n) is 6.33. The molecule has 0 aliphatic carbocycles. The van der Waals surface area contributed by atoms with Crippen LogP contribution in [0.25, 0.3) is 0 Å². The van der Waals surface area contributed by atoms with E-state index in [1.54, 1.807) is 30.5 Å². The van der Waals surface area contributed by atoms with Gasteiger partial charge in [-0.25, -0.2) is 5.43 Å². The first-order chi connectivity index (χ1) is 8.72. The molecule has 4 nitrogen and oxygen atoms in total. The number of nitrogens with one attached hydrogen (secondary N) is 1. The van der Waals surface area contributed by atoms with Gasteiger partial charge in [-0.3, -0.25) is 4.79 Å². The molecule has 18 heavy (non-hydrogen) atoms. The summed E-state index contributed by atoms with van der Waals surface area (Å²) < 4.78 is 0. The maximum Gasteiger partial charge on any atom is 0.240 e. The van der Waals surface area contributed by atoms with Crippen LogP contribution in [0.2, 0.25) is 0 Å². The monoisotopic (exact) mass is 248 g/mol. The van der Waals surface area contributed by atoms with Crippen LogP contribution in [-0.2, 0) is 4.79 Å². The minimum Gasteiger partial charge on any atom is -0.508 e. The van der Waals surface area contributed by atoms with Crippen LogP contribution >= 0.6 is 0 Å². The zero-order valence-corrected chi connectivity index (χ0v) is 10.7. The SMILES string of the molecule is CCCCCCC(=O)N/N=C/c1ccc(O)cc1. The lowest BCUT2D eigenvalue weighted by Crippen LogP contribution is -2.16. The highest BCUT2D eigenvalue weighted by Crippen LogP contribution is 2.07. The van der Waals surface area contributed by atoms with Gasteiger partial charge in [0, 0.05) is 6.42 Å². The molecule has 0 spiro atoms. The molecular formula is C14H20N2O2. The summed E-state index contributed by atoms with van der Waals surface area (Å²) in [5.41, 5.74) is 3.32. The molecule has 1 aromatic carbocycles. The first kappa shape index (κ1) is 14.2. The van der Waals surface area contributed by atoms with Gasteiger partial charge in [0.15, 0.2) is 0 Å². The van der Waals surface area contributed by atoms with Gasteiger partial charge in [0.1, 0.15) is 5.75 Å². The van der Waals surface area contributed by atoms with Crippen LogP contribution in [0.3, 0.4) is 0 Å². The summed E-state index contributed by atoms with van der Waals surface area (Å²) in [6.45, 7) is 2.14. The van der Waals surface area contributed by atoms with E-state index in [-0.39, 0.29) is 11.7 Å². The predicted molar refractivity (Wildman–Crippen MR) is 72.6 cm³/mol. The Kier molecular flexibility index (Phi) is 6.54. The second kappa shape index (κ2) is 8.28. The highest BCUT2D eigenvalue weighted by atomic mass is 16.3. The molecule has 0 atom stereocenters. The Morgan fingerprint density at radius 1 is 1.28 bits per heavy atom. The fraction of sp³-hybridized carbons (Fsp3) is 0.429. The van der Waals surface area contributed by atoms with Gasteiger partial charge in [0.25, 0.3) is 0 Å². The standard InChI is InChI=1S/C14H20N2O2/c1-2-3-4-5-6-14(18)16-15-11-12-7-9-13(17)10-8-12/h7-11,17H,2-6H2,1H3,(H,16,18)/b15-11+. The lowest BCUT2D eigenvalue weighted by molar-refractivity contribution is -0.121. The quantitative estimate of drug-likeness (QED) is 0.443. The van der Waals surface area contributed by atoms with Gasteiger partial charge in [-0.05, 0) is 36.2 Å². The van der Waals surface area contributed by atoms with Gasteiger partial charge >= 0.3 is 0 Å². The number of hydrazone groups is 1. The summed E-state index contributed by atoms with van der Waals surface area (Å²) >= 11 is 0. The molecule has 0 radical (unpaired) electrons. The van der Waals surface area contributed by atoms with E-state index >= 15 is 0 Å². The van der Waals surface area contributed by atoms with Crippen LogP contribution in [0.15, 0.2) is 29.4 Å². The number of carbonyl (C=O) groups excluding carboxylic acids is 1. The maximum absolute atomic E-state index is 11.4. The van der Waals surface area contributed by atoms with Gasteiger partial charge in [0.2, 0.25) is 5.91 Å². The van der Waals surface area contributed by atoms with E-state index in [9.17, 15) is 4.79 Å². The second-order valence-electron chi connectivity index (χ2n) is 4.20. The zero-order valence-electron chi connectivity index (χ0n) is 10.7. The lowest BCUT2D eigenvalue weighted by Gasteiger charge is -1.99. The van der Waals surface area contributed by atoms with Crippen LogP contribution in [0.4, 0.5) is 0 Å². The van der Waals surface area contributed by atoms with E-state index in [1.165, 1.54) is 12.8 Å². The van der Waals surface area contributed by atoms with E-state index in [1.807, 2.05) is 0 Å². The van der Waals surface area contributed by atoms with Crippen molar-refractivity contribution in [2.24, 2.45) is 5.10 Å². The van der Waals surface area contributed by atoms with Crippen molar-refractivity contribution < 1.29 is 9.90 Å². The van der Waals surface area contributed by atoms with E-state index in [4.69, 9.17) is 5.11 Å². The number of nitrogens with zero attached hydrogens (tertiary/aromatic N) is 1. The molecule has 98 valence electrons. The van der Waals surface area contributed by atoms with Gasteiger partial charge in [-0.1, -0.05) is 26.2 Å². The highest BCUT2D eigenvalue weighted by Gasteiger charge is 1.98. The second-order valence-corrected chi connectivity index (χ2v) is 4.20. The fourth-order valence-corrected chi connectivity index (χ4v) is 1.51. The summed E-state index contributed by atoms with van der Waals surface area (Å²) in [7, 11) is 0. The number of amides is 1. The number of unbranched alkanes of at least 4 members (excludes halogenated alkanes) is 3. The summed E-state index contributed by atoms with van der Waals surface area (Å²) in [5, 5.41) is 13.0.